The number of hydrogen-bond acceptors (Lipinski definition) is 3. The minimum absolute atomic E-state index is 0.124. The lowest BCUT2D eigenvalue weighted by Crippen LogP contribution is -2.47. The van der Waals surface area contributed by atoms with Crippen LogP contribution in [0.2, 0.25) is 10.0 Å². The third-order valence-corrected chi connectivity index (χ3v) is 5.59. The van der Waals surface area contributed by atoms with Gasteiger partial charge < -0.3 is 10.2 Å². The average molecular weight is 411 g/mol. The largest absolute Gasteiger partial charge is 0.357 e. The summed E-state index contributed by atoms with van der Waals surface area (Å²) in [5, 5.41) is 3.46. The first-order chi connectivity index (χ1) is 12.4. The molecule has 0 saturated heterocycles. The molecule has 0 spiro atoms. The summed E-state index contributed by atoms with van der Waals surface area (Å²) < 4.78 is 0. The molecule has 0 bridgehead atoms. The molecule has 2 amide bonds. The van der Waals surface area contributed by atoms with Crippen molar-refractivity contribution in [2.75, 3.05) is 12.8 Å². The van der Waals surface area contributed by atoms with Crippen molar-refractivity contribution in [2.45, 2.75) is 24.4 Å². The molecular formula is C19H20Cl2N2O2S. The Kier molecular flexibility index (Phi) is 7.82. The van der Waals surface area contributed by atoms with E-state index in [1.807, 2.05) is 30.3 Å². The van der Waals surface area contributed by atoms with Gasteiger partial charge in [0.2, 0.25) is 11.8 Å². The lowest BCUT2D eigenvalue weighted by Gasteiger charge is -2.28. The maximum atomic E-state index is 12.8. The van der Waals surface area contributed by atoms with Gasteiger partial charge in [-0.25, -0.2) is 0 Å². The Morgan fingerprint density at radius 3 is 2.42 bits per heavy atom. The fourth-order valence-corrected chi connectivity index (χ4v) is 3.50. The average Bonchev–Trinajstić information content (AvgIpc) is 2.66. The molecule has 0 fully saturated rings. The van der Waals surface area contributed by atoms with E-state index in [9.17, 15) is 9.59 Å². The van der Waals surface area contributed by atoms with Crippen molar-refractivity contribution < 1.29 is 9.59 Å². The highest BCUT2D eigenvalue weighted by molar-refractivity contribution is 8.00. The van der Waals surface area contributed by atoms with E-state index in [0.717, 1.165) is 10.5 Å². The number of nitrogens with zero attached hydrogens (tertiary/aromatic N) is 1. The summed E-state index contributed by atoms with van der Waals surface area (Å²) in [5.74, 6) is -0.101. The van der Waals surface area contributed by atoms with E-state index < -0.39 is 6.04 Å². The van der Waals surface area contributed by atoms with E-state index in [1.54, 1.807) is 37.1 Å². The van der Waals surface area contributed by atoms with Crippen LogP contribution < -0.4 is 5.32 Å². The van der Waals surface area contributed by atoms with E-state index in [1.165, 1.54) is 11.8 Å². The molecular weight excluding hydrogens is 391 g/mol. The summed E-state index contributed by atoms with van der Waals surface area (Å²) in [6.45, 7) is 1.99. The van der Waals surface area contributed by atoms with E-state index in [2.05, 4.69) is 5.32 Å². The number of rotatable bonds is 7. The summed E-state index contributed by atoms with van der Waals surface area (Å²) in [7, 11) is 1.55. The molecule has 2 rings (SSSR count). The predicted molar refractivity (Wildman–Crippen MR) is 108 cm³/mol. The number of carbonyl (C=O) groups is 2. The molecule has 0 aromatic heterocycles. The second-order valence-corrected chi connectivity index (χ2v) is 7.53. The fraction of sp³-hybridized carbons (Fsp3) is 0.263. The number of thioether (sulfide) groups is 1. The topological polar surface area (TPSA) is 49.4 Å². The summed E-state index contributed by atoms with van der Waals surface area (Å²) in [6, 6.07) is 14.3. The molecule has 0 aliphatic heterocycles. The van der Waals surface area contributed by atoms with Gasteiger partial charge in [0, 0.05) is 18.5 Å². The van der Waals surface area contributed by atoms with Gasteiger partial charge >= 0.3 is 0 Å². The van der Waals surface area contributed by atoms with Crippen LogP contribution in [-0.4, -0.2) is 35.6 Å². The molecule has 1 atom stereocenters. The SMILES string of the molecule is CNC(=O)C(C)N(Cc1ccc(Cl)c(Cl)c1)C(=O)CSc1ccccc1. The van der Waals surface area contributed by atoms with Gasteiger partial charge in [-0.1, -0.05) is 47.5 Å². The van der Waals surface area contributed by atoms with E-state index >= 15 is 0 Å². The Bertz CT molecular complexity index is 771. The number of carbonyl (C=O) groups excluding carboxylic acids is 2. The van der Waals surface area contributed by atoms with Crippen LogP contribution in [0.5, 0.6) is 0 Å². The fourth-order valence-electron chi connectivity index (χ4n) is 2.37. The normalized spacial score (nSPS) is 11.7. The van der Waals surface area contributed by atoms with Crippen LogP contribution in [0.3, 0.4) is 0 Å². The van der Waals surface area contributed by atoms with E-state index in [-0.39, 0.29) is 24.1 Å². The highest BCUT2D eigenvalue weighted by atomic mass is 35.5. The summed E-state index contributed by atoms with van der Waals surface area (Å²) in [6.07, 6.45) is 0. The molecule has 0 aliphatic carbocycles. The first-order valence-electron chi connectivity index (χ1n) is 8.05. The highest BCUT2D eigenvalue weighted by Gasteiger charge is 2.25. The third-order valence-electron chi connectivity index (χ3n) is 3.86. The van der Waals surface area contributed by atoms with Crippen molar-refractivity contribution >= 4 is 46.8 Å². The van der Waals surface area contributed by atoms with Gasteiger partial charge in [0.25, 0.3) is 0 Å². The van der Waals surface area contributed by atoms with Gasteiger partial charge in [-0.3, -0.25) is 9.59 Å². The summed E-state index contributed by atoms with van der Waals surface area (Å²) in [5.41, 5.74) is 0.813. The zero-order valence-corrected chi connectivity index (χ0v) is 16.9. The first kappa shape index (κ1) is 20.6. The first-order valence-corrected chi connectivity index (χ1v) is 9.79. The smallest absolute Gasteiger partial charge is 0.242 e. The maximum Gasteiger partial charge on any atom is 0.242 e. The zero-order chi connectivity index (χ0) is 19.1. The summed E-state index contributed by atoms with van der Waals surface area (Å²) in [4.78, 5) is 27.4. The number of halogens is 2. The van der Waals surface area contributed by atoms with Crippen LogP contribution in [0.1, 0.15) is 12.5 Å². The molecule has 4 nitrogen and oxygen atoms in total. The summed E-state index contributed by atoms with van der Waals surface area (Å²) >= 11 is 13.5. The lowest BCUT2D eigenvalue weighted by atomic mass is 10.1. The number of likely N-dealkylation sites (N-methyl/N-ethyl adjacent to an activating group) is 1. The minimum Gasteiger partial charge on any atom is -0.357 e. The Morgan fingerprint density at radius 2 is 1.81 bits per heavy atom. The third kappa shape index (κ3) is 5.66. The molecule has 0 heterocycles. The Balaban J connectivity index is 2.15. The molecule has 0 radical (unpaired) electrons. The highest BCUT2D eigenvalue weighted by Crippen LogP contribution is 2.24. The Morgan fingerprint density at radius 1 is 1.12 bits per heavy atom. The van der Waals surface area contributed by atoms with Crippen LogP contribution in [0, 0.1) is 0 Å². The van der Waals surface area contributed by atoms with Gasteiger partial charge in [-0.15, -0.1) is 11.8 Å². The van der Waals surface area contributed by atoms with Crippen molar-refractivity contribution in [3.8, 4) is 0 Å². The van der Waals surface area contributed by atoms with Gasteiger partial charge in [0.1, 0.15) is 6.04 Å². The minimum atomic E-state index is -0.599. The van der Waals surface area contributed by atoms with Crippen molar-refractivity contribution in [2.24, 2.45) is 0 Å². The van der Waals surface area contributed by atoms with Crippen LogP contribution in [0.15, 0.2) is 53.4 Å². The number of hydrogen-bond donors (Lipinski definition) is 1. The van der Waals surface area contributed by atoms with Gasteiger partial charge in [0.15, 0.2) is 0 Å². The second kappa shape index (κ2) is 9.86. The van der Waals surface area contributed by atoms with Gasteiger partial charge in [-0.2, -0.15) is 0 Å². The van der Waals surface area contributed by atoms with E-state index in [0.29, 0.717) is 10.0 Å². The number of amides is 2. The molecule has 26 heavy (non-hydrogen) atoms. The molecule has 138 valence electrons. The van der Waals surface area contributed by atoms with Crippen LogP contribution in [0.4, 0.5) is 0 Å². The molecule has 7 heteroatoms. The molecule has 1 unspecified atom stereocenters. The molecule has 0 aliphatic rings. The van der Waals surface area contributed by atoms with Crippen molar-refractivity contribution in [3.63, 3.8) is 0 Å². The molecule has 2 aromatic rings. The quantitative estimate of drug-likeness (QED) is 0.693. The zero-order valence-electron chi connectivity index (χ0n) is 14.5. The number of benzene rings is 2. The van der Waals surface area contributed by atoms with Crippen molar-refractivity contribution in [3.05, 3.63) is 64.1 Å². The second-order valence-electron chi connectivity index (χ2n) is 5.66. The van der Waals surface area contributed by atoms with Crippen LogP contribution in [0.25, 0.3) is 0 Å². The molecule has 1 N–H and O–H groups in total. The standard InChI is InChI=1S/C19H20Cl2N2O2S/c1-13(19(25)22-2)23(11-14-8-9-16(20)17(21)10-14)18(24)12-26-15-6-4-3-5-7-15/h3-10,13H,11-12H2,1-2H3,(H,22,25). The predicted octanol–water partition coefficient (Wildman–Crippen LogP) is 4.25. The van der Waals surface area contributed by atoms with Crippen molar-refractivity contribution in [1.82, 2.24) is 10.2 Å². The van der Waals surface area contributed by atoms with Crippen LogP contribution >= 0.6 is 35.0 Å². The van der Waals surface area contributed by atoms with Crippen LogP contribution in [-0.2, 0) is 16.1 Å². The maximum absolute atomic E-state index is 12.8. The number of nitrogens with one attached hydrogen (secondary N) is 1. The molecule has 0 saturated carbocycles. The van der Waals surface area contributed by atoms with Crippen molar-refractivity contribution in [1.29, 1.82) is 0 Å². The van der Waals surface area contributed by atoms with Gasteiger partial charge in [-0.05, 0) is 36.8 Å². The Labute approximate surface area is 167 Å². The Hall–Kier alpha value is -1.69. The lowest BCUT2D eigenvalue weighted by molar-refractivity contribution is -0.138. The molecule has 2 aromatic carbocycles. The van der Waals surface area contributed by atoms with E-state index in [4.69, 9.17) is 23.2 Å². The monoisotopic (exact) mass is 410 g/mol. The van der Waals surface area contributed by atoms with Gasteiger partial charge in [0.05, 0.1) is 15.8 Å².